The molecule has 2 saturated heterocycles. The van der Waals surface area contributed by atoms with Crippen LogP contribution in [0, 0.1) is 0 Å². The molecule has 4 heteroatoms. The molecule has 0 saturated carbocycles. The van der Waals surface area contributed by atoms with Crippen molar-refractivity contribution in [1.29, 1.82) is 0 Å². The van der Waals surface area contributed by atoms with Crippen LogP contribution >= 0.6 is 0 Å². The van der Waals surface area contributed by atoms with Crippen molar-refractivity contribution in [1.82, 2.24) is 0 Å². The van der Waals surface area contributed by atoms with E-state index in [-0.39, 0.29) is 12.6 Å². The standard InChI is InChI=1S/C12H22O4/c1-3-7-13-11(5-1)15-9-10-16-12-6-2-4-8-14-12/h11-12H,1-10H2/t11-,12-/m1/s1. The van der Waals surface area contributed by atoms with Crippen molar-refractivity contribution in [2.45, 2.75) is 51.1 Å². The minimum Gasteiger partial charge on any atom is -0.353 e. The lowest BCUT2D eigenvalue weighted by Gasteiger charge is -2.25. The van der Waals surface area contributed by atoms with E-state index in [1.165, 1.54) is 12.8 Å². The smallest absolute Gasteiger partial charge is 0.157 e. The lowest BCUT2D eigenvalue weighted by atomic mass is 10.2. The molecule has 0 radical (unpaired) electrons. The van der Waals surface area contributed by atoms with Gasteiger partial charge in [0.25, 0.3) is 0 Å². The second-order valence-electron chi connectivity index (χ2n) is 4.33. The van der Waals surface area contributed by atoms with E-state index in [1.807, 2.05) is 0 Å². The second-order valence-corrected chi connectivity index (χ2v) is 4.33. The first-order valence-corrected chi connectivity index (χ1v) is 6.41. The lowest BCUT2D eigenvalue weighted by molar-refractivity contribution is -0.198. The molecule has 4 nitrogen and oxygen atoms in total. The normalized spacial score (nSPS) is 31.5. The van der Waals surface area contributed by atoms with Gasteiger partial charge in [-0.05, 0) is 38.5 Å². The fourth-order valence-corrected chi connectivity index (χ4v) is 2.04. The van der Waals surface area contributed by atoms with Crippen molar-refractivity contribution in [3.8, 4) is 0 Å². The van der Waals surface area contributed by atoms with Crippen LogP contribution in [0.3, 0.4) is 0 Å². The molecule has 0 aromatic carbocycles. The summed E-state index contributed by atoms with van der Waals surface area (Å²) in [6.07, 6.45) is 6.74. The molecule has 0 bridgehead atoms. The van der Waals surface area contributed by atoms with Crippen LogP contribution in [0.25, 0.3) is 0 Å². The third-order valence-corrected chi connectivity index (χ3v) is 2.97. The van der Waals surface area contributed by atoms with Gasteiger partial charge in [0.05, 0.1) is 13.2 Å². The summed E-state index contributed by atoms with van der Waals surface area (Å²) in [5.74, 6) is 0. The fourth-order valence-electron chi connectivity index (χ4n) is 2.04. The van der Waals surface area contributed by atoms with E-state index in [9.17, 15) is 0 Å². The molecule has 0 unspecified atom stereocenters. The Bertz CT molecular complexity index is 154. The Labute approximate surface area is 97.2 Å². The molecule has 2 rings (SSSR count). The van der Waals surface area contributed by atoms with Gasteiger partial charge in [-0.25, -0.2) is 0 Å². The van der Waals surface area contributed by atoms with E-state index in [2.05, 4.69) is 0 Å². The van der Waals surface area contributed by atoms with Gasteiger partial charge in [0.1, 0.15) is 0 Å². The van der Waals surface area contributed by atoms with Crippen molar-refractivity contribution in [2.24, 2.45) is 0 Å². The molecule has 2 aliphatic rings. The van der Waals surface area contributed by atoms with Crippen LogP contribution in [0.2, 0.25) is 0 Å². The monoisotopic (exact) mass is 230 g/mol. The molecule has 2 aliphatic heterocycles. The lowest BCUT2D eigenvalue weighted by Crippen LogP contribution is -2.27. The third kappa shape index (κ3) is 4.37. The maximum atomic E-state index is 5.57. The summed E-state index contributed by atoms with van der Waals surface area (Å²) in [6.45, 7) is 2.86. The first-order chi connectivity index (χ1) is 7.95. The quantitative estimate of drug-likeness (QED) is 0.678. The second kappa shape index (κ2) is 7.22. The number of hydrogen-bond acceptors (Lipinski definition) is 4. The highest BCUT2D eigenvalue weighted by atomic mass is 16.7. The molecule has 0 aromatic rings. The first kappa shape index (κ1) is 12.3. The van der Waals surface area contributed by atoms with Crippen molar-refractivity contribution < 1.29 is 18.9 Å². The van der Waals surface area contributed by atoms with E-state index in [0.29, 0.717) is 13.2 Å². The number of rotatable bonds is 5. The van der Waals surface area contributed by atoms with E-state index in [4.69, 9.17) is 18.9 Å². The summed E-state index contributed by atoms with van der Waals surface area (Å²) in [4.78, 5) is 0. The molecule has 0 spiro atoms. The van der Waals surface area contributed by atoms with E-state index >= 15 is 0 Å². The fraction of sp³-hybridized carbons (Fsp3) is 1.00. The highest BCUT2D eigenvalue weighted by Crippen LogP contribution is 2.15. The Kier molecular flexibility index (Phi) is 5.55. The van der Waals surface area contributed by atoms with Gasteiger partial charge < -0.3 is 18.9 Å². The average Bonchev–Trinajstić information content (AvgIpc) is 2.37. The van der Waals surface area contributed by atoms with Crippen LogP contribution in [0.5, 0.6) is 0 Å². The summed E-state index contributed by atoms with van der Waals surface area (Å²) in [5.41, 5.74) is 0. The predicted molar refractivity (Wildman–Crippen MR) is 59.1 cm³/mol. The predicted octanol–water partition coefficient (Wildman–Crippen LogP) is 2.07. The molecule has 0 aromatic heterocycles. The molecule has 0 aliphatic carbocycles. The van der Waals surface area contributed by atoms with Crippen LogP contribution in [0.1, 0.15) is 38.5 Å². The Morgan fingerprint density at radius 1 is 0.750 bits per heavy atom. The average molecular weight is 230 g/mol. The summed E-state index contributed by atoms with van der Waals surface area (Å²) < 4.78 is 22.1. The van der Waals surface area contributed by atoms with Crippen molar-refractivity contribution in [2.75, 3.05) is 26.4 Å². The molecule has 16 heavy (non-hydrogen) atoms. The van der Waals surface area contributed by atoms with Gasteiger partial charge in [0.2, 0.25) is 0 Å². The van der Waals surface area contributed by atoms with Gasteiger partial charge in [-0.1, -0.05) is 0 Å². The Balaban J connectivity index is 1.47. The number of hydrogen-bond donors (Lipinski definition) is 0. The Morgan fingerprint density at radius 2 is 1.25 bits per heavy atom. The highest BCUT2D eigenvalue weighted by molar-refractivity contribution is 4.55. The van der Waals surface area contributed by atoms with Crippen molar-refractivity contribution in [3.63, 3.8) is 0 Å². The third-order valence-electron chi connectivity index (χ3n) is 2.97. The molecule has 2 heterocycles. The van der Waals surface area contributed by atoms with E-state index < -0.39 is 0 Å². The summed E-state index contributed by atoms with van der Waals surface area (Å²) in [7, 11) is 0. The SMILES string of the molecule is C1CC[C@@H](OCCO[C@@H]2CCCCO2)OC1. The molecule has 0 amide bonds. The van der Waals surface area contributed by atoms with Crippen LogP contribution in [-0.2, 0) is 18.9 Å². The van der Waals surface area contributed by atoms with Gasteiger partial charge in [-0.2, -0.15) is 0 Å². The Morgan fingerprint density at radius 3 is 1.62 bits per heavy atom. The largest absolute Gasteiger partial charge is 0.353 e. The van der Waals surface area contributed by atoms with Gasteiger partial charge in [-0.3, -0.25) is 0 Å². The van der Waals surface area contributed by atoms with Gasteiger partial charge in [0, 0.05) is 13.2 Å². The summed E-state index contributed by atoms with van der Waals surface area (Å²) in [6, 6.07) is 0. The minimum absolute atomic E-state index is 0.00961. The molecule has 2 fully saturated rings. The van der Waals surface area contributed by atoms with Crippen LogP contribution in [-0.4, -0.2) is 39.0 Å². The molecule has 0 N–H and O–H groups in total. The maximum absolute atomic E-state index is 5.57. The highest BCUT2D eigenvalue weighted by Gasteiger charge is 2.16. The summed E-state index contributed by atoms with van der Waals surface area (Å²) in [5, 5.41) is 0. The first-order valence-electron chi connectivity index (χ1n) is 6.41. The molecule has 2 atom stereocenters. The van der Waals surface area contributed by atoms with Crippen LogP contribution in [0.4, 0.5) is 0 Å². The molecule has 94 valence electrons. The van der Waals surface area contributed by atoms with E-state index in [1.54, 1.807) is 0 Å². The van der Waals surface area contributed by atoms with Crippen molar-refractivity contribution >= 4 is 0 Å². The zero-order valence-electron chi connectivity index (χ0n) is 9.86. The zero-order valence-corrected chi connectivity index (χ0v) is 9.86. The Hall–Kier alpha value is -0.160. The number of ether oxygens (including phenoxy) is 4. The van der Waals surface area contributed by atoms with Gasteiger partial charge >= 0.3 is 0 Å². The summed E-state index contributed by atoms with van der Waals surface area (Å²) >= 11 is 0. The van der Waals surface area contributed by atoms with E-state index in [0.717, 1.165) is 38.9 Å². The van der Waals surface area contributed by atoms with Crippen molar-refractivity contribution in [3.05, 3.63) is 0 Å². The van der Waals surface area contributed by atoms with Gasteiger partial charge in [0.15, 0.2) is 12.6 Å². The maximum Gasteiger partial charge on any atom is 0.157 e. The minimum atomic E-state index is -0.00961. The molecular weight excluding hydrogens is 208 g/mol. The zero-order chi connectivity index (χ0) is 11.1. The van der Waals surface area contributed by atoms with Crippen LogP contribution in [0.15, 0.2) is 0 Å². The van der Waals surface area contributed by atoms with Gasteiger partial charge in [-0.15, -0.1) is 0 Å². The topological polar surface area (TPSA) is 36.9 Å². The van der Waals surface area contributed by atoms with Crippen LogP contribution < -0.4 is 0 Å². The molecular formula is C12H22O4.